The van der Waals surface area contributed by atoms with Gasteiger partial charge in [-0.3, -0.25) is 0 Å². The van der Waals surface area contributed by atoms with Gasteiger partial charge >= 0.3 is 0 Å². The molecule has 2 aromatic carbocycles. The number of hydrogen-bond acceptors (Lipinski definition) is 2. The topological polar surface area (TPSA) is 40.5 Å². The number of allylic oxidation sites excluding steroid dienone is 2. The molecule has 0 spiro atoms. The summed E-state index contributed by atoms with van der Waals surface area (Å²) in [5.74, 6) is 0.669. The lowest BCUT2D eigenvalue weighted by Gasteiger charge is -2.03. The van der Waals surface area contributed by atoms with E-state index in [1.54, 1.807) is 0 Å². The minimum absolute atomic E-state index is 0.334. The van der Waals surface area contributed by atoms with Gasteiger partial charge in [-0.2, -0.15) is 0 Å². The third-order valence-electron chi connectivity index (χ3n) is 3.21. The number of rotatable bonds is 5. The van der Waals surface area contributed by atoms with Crippen LogP contribution in [0.5, 0.6) is 11.5 Å². The largest absolute Gasteiger partial charge is 0.506 e. The van der Waals surface area contributed by atoms with Gasteiger partial charge in [0.1, 0.15) is 11.5 Å². The summed E-state index contributed by atoms with van der Waals surface area (Å²) in [6.45, 7) is 0. The van der Waals surface area contributed by atoms with Crippen molar-refractivity contribution in [2.24, 2.45) is 0 Å². The molecule has 2 N–H and O–H groups in total. The normalized spacial score (nSPS) is 11.7. The Kier molecular flexibility index (Phi) is 8.60. The Hall–Kier alpha value is 0.440. The van der Waals surface area contributed by atoms with Gasteiger partial charge in [-0.05, 0) is 127 Å². The summed E-state index contributed by atoms with van der Waals surface area (Å²) in [5.41, 5.74) is 1.69. The Balaban J connectivity index is 1.96. The van der Waals surface area contributed by atoms with Crippen molar-refractivity contribution in [2.45, 2.75) is 12.8 Å². The van der Waals surface area contributed by atoms with Crippen LogP contribution in [0.1, 0.15) is 24.0 Å². The first-order valence-corrected chi connectivity index (χ1v) is 11.4. The first-order valence-electron chi connectivity index (χ1n) is 7.07. The third kappa shape index (κ3) is 6.01. The molecule has 2 nitrogen and oxygen atoms in total. The van der Waals surface area contributed by atoms with Gasteiger partial charge in [0.15, 0.2) is 0 Å². The maximum absolute atomic E-state index is 10.1. The number of halogens is 4. The van der Waals surface area contributed by atoms with Gasteiger partial charge in [0.05, 0.1) is 7.14 Å². The van der Waals surface area contributed by atoms with Crippen molar-refractivity contribution in [1.82, 2.24) is 0 Å². The molecule has 126 valence electrons. The first-order chi connectivity index (χ1) is 11.4. The van der Waals surface area contributed by atoms with E-state index in [1.807, 2.05) is 36.4 Å². The summed E-state index contributed by atoms with van der Waals surface area (Å²) in [6.07, 6.45) is 9.78. The Morgan fingerprint density at radius 3 is 1.42 bits per heavy atom. The molecular weight excluding hydrogens is 756 g/mol. The van der Waals surface area contributed by atoms with Crippen LogP contribution < -0.4 is 0 Å². The van der Waals surface area contributed by atoms with Crippen molar-refractivity contribution in [3.63, 3.8) is 0 Å². The van der Waals surface area contributed by atoms with E-state index in [-0.39, 0.29) is 0 Å². The Bertz CT molecular complexity index is 731. The van der Waals surface area contributed by atoms with E-state index in [2.05, 4.69) is 103 Å². The van der Waals surface area contributed by atoms with E-state index in [9.17, 15) is 10.2 Å². The van der Waals surface area contributed by atoms with Crippen LogP contribution in [0.25, 0.3) is 12.2 Å². The van der Waals surface area contributed by atoms with Gasteiger partial charge in [0, 0.05) is 18.3 Å². The number of phenols is 2. The molecule has 0 radical (unpaired) electrons. The van der Waals surface area contributed by atoms with Crippen molar-refractivity contribution in [3.05, 3.63) is 61.8 Å². The summed E-state index contributed by atoms with van der Waals surface area (Å²) in [7, 11) is 0. The van der Waals surface area contributed by atoms with Crippen molar-refractivity contribution < 1.29 is 10.2 Å². The van der Waals surface area contributed by atoms with Crippen LogP contribution in [0.3, 0.4) is 0 Å². The van der Waals surface area contributed by atoms with E-state index in [1.165, 1.54) is 0 Å². The Morgan fingerprint density at radius 2 is 1.04 bits per heavy atom. The van der Waals surface area contributed by atoms with Gasteiger partial charge in [0.2, 0.25) is 0 Å². The number of hydrogen-bond donors (Lipinski definition) is 2. The molecule has 0 aromatic heterocycles. The smallest absolute Gasteiger partial charge is 0.136 e. The Morgan fingerprint density at radius 1 is 0.667 bits per heavy atom. The zero-order chi connectivity index (χ0) is 17.7. The molecule has 2 aromatic rings. The molecule has 0 unspecified atom stereocenters. The third-order valence-corrected chi connectivity index (χ3v) is 6.10. The van der Waals surface area contributed by atoms with Gasteiger partial charge in [-0.25, -0.2) is 0 Å². The Labute approximate surface area is 196 Å². The fourth-order valence-corrected chi connectivity index (χ4v) is 5.82. The molecule has 6 heteroatoms. The van der Waals surface area contributed by atoms with Crippen LogP contribution in [0, 0.1) is 14.3 Å². The quantitative estimate of drug-likeness (QED) is 0.254. The maximum Gasteiger partial charge on any atom is 0.136 e. The highest BCUT2D eigenvalue weighted by Crippen LogP contribution is 2.29. The molecule has 0 saturated carbocycles. The molecule has 0 amide bonds. The van der Waals surface area contributed by atoms with E-state index in [0.717, 1.165) is 38.2 Å². The fourth-order valence-electron chi connectivity index (χ4n) is 2.04. The fraction of sp³-hybridized carbons (Fsp3) is 0.111. The lowest BCUT2D eigenvalue weighted by molar-refractivity contribution is 0.469. The maximum atomic E-state index is 10.1. The summed E-state index contributed by atoms with van der Waals surface area (Å²) < 4.78 is 3.95. The van der Waals surface area contributed by atoms with Crippen molar-refractivity contribution in [2.75, 3.05) is 0 Å². The molecule has 0 heterocycles. The van der Waals surface area contributed by atoms with E-state index >= 15 is 0 Å². The molecule has 0 bridgehead atoms. The zero-order valence-electron chi connectivity index (χ0n) is 12.4. The summed E-state index contributed by atoms with van der Waals surface area (Å²) in [6, 6.07) is 7.84. The highest BCUT2D eigenvalue weighted by Gasteiger charge is 2.05. The first kappa shape index (κ1) is 20.7. The molecule has 0 fully saturated rings. The monoisotopic (exact) mass is 770 g/mol. The summed E-state index contributed by atoms with van der Waals surface area (Å²) >= 11 is 8.78. The number of aromatic hydroxyl groups is 2. The van der Waals surface area contributed by atoms with Crippen molar-refractivity contribution in [3.8, 4) is 11.5 Å². The molecule has 0 aliphatic rings. The lowest BCUT2D eigenvalue weighted by Crippen LogP contribution is -1.83. The summed E-state index contributed by atoms with van der Waals surface area (Å²) in [5, 5.41) is 20.1. The molecule has 0 aliphatic heterocycles. The van der Waals surface area contributed by atoms with Crippen LogP contribution >= 0.6 is 90.4 Å². The standard InChI is InChI=1S/C18H14I4O2/c19-13-7-11(17(23)15(21)9-13)5-3-1-2-4-6-12-8-14(20)10-16(22)18(12)24/h3-10,23-24H,1-2H2/b5-3+,6-4+. The SMILES string of the molecule is Oc1c(I)cc(I)cc1/C=C/CC/C=C/c1cc(I)cc(I)c1O. The minimum atomic E-state index is 0.334. The zero-order valence-corrected chi connectivity index (χ0v) is 21.1. The molecule has 0 saturated heterocycles. The second-order valence-corrected chi connectivity index (χ2v) is 9.85. The highest BCUT2D eigenvalue weighted by atomic mass is 127. The average Bonchev–Trinajstić information content (AvgIpc) is 2.51. The van der Waals surface area contributed by atoms with E-state index < -0.39 is 0 Å². The van der Waals surface area contributed by atoms with Gasteiger partial charge in [-0.1, -0.05) is 24.3 Å². The highest BCUT2D eigenvalue weighted by molar-refractivity contribution is 14.1. The van der Waals surface area contributed by atoms with Crippen molar-refractivity contribution in [1.29, 1.82) is 0 Å². The second-order valence-electron chi connectivity index (χ2n) is 5.03. The average molecular weight is 770 g/mol. The minimum Gasteiger partial charge on any atom is -0.506 e. The van der Waals surface area contributed by atoms with Gasteiger partial charge in [-0.15, -0.1) is 0 Å². The van der Waals surface area contributed by atoms with E-state index in [0.29, 0.717) is 11.5 Å². The second kappa shape index (κ2) is 9.95. The van der Waals surface area contributed by atoms with Crippen LogP contribution in [0.15, 0.2) is 36.4 Å². The predicted octanol–water partition coefficient (Wildman–Crippen LogP) is 7.02. The van der Waals surface area contributed by atoms with Crippen LogP contribution in [-0.4, -0.2) is 10.2 Å². The van der Waals surface area contributed by atoms with Crippen LogP contribution in [0.2, 0.25) is 0 Å². The molecule has 24 heavy (non-hydrogen) atoms. The van der Waals surface area contributed by atoms with E-state index in [4.69, 9.17) is 0 Å². The number of unbranched alkanes of at least 4 members (excludes halogenated alkanes) is 1. The number of phenolic OH excluding ortho intramolecular Hbond substituents is 2. The molecule has 2 rings (SSSR count). The van der Waals surface area contributed by atoms with Crippen LogP contribution in [0.4, 0.5) is 0 Å². The number of benzene rings is 2. The molecule has 0 atom stereocenters. The van der Waals surface area contributed by atoms with Gasteiger partial charge in [0.25, 0.3) is 0 Å². The summed E-state index contributed by atoms with van der Waals surface area (Å²) in [4.78, 5) is 0. The predicted molar refractivity (Wildman–Crippen MR) is 134 cm³/mol. The van der Waals surface area contributed by atoms with Crippen molar-refractivity contribution >= 4 is 103 Å². The lowest BCUT2D eigenvalue weighted by atomic mass is 10.1. The molecular formula is C18H14I4O2. The van der Waals surface area contributed by atoms with Crippen LogP contribution in [-0.2, 0) is 0 Å². The molecule has 0 aliphatic carbocycles. The van der Waals surface area contributed by atoms with Gasteiger partial charge < -0.3 is 10.2 Å².